The van der Waals surface area contributed by atoms with Crippen molar-refractivity contribution < 1.29 is 5.11 Å². The average Bonchev–Trinajstić information content (AvgIpc) is 2.47. The molecule has 2 fully saturated rings. The topological polar surface area (TPSA) is 35.5 Å². The second kappa shape index (κ2) is 2.98. The SMILES string of the molecule is CN1CCC2NCCC2(CO)C1. The van der Waals surface area contributed by atoms with Crippen LogP contribution in [-0.4, -0.2) is 49.3 Å². The zero-order valence-corrected chi connectivity index (χ0v) is 7.71. The summed E-state index contributed by atoms with van der Waals surface area (Å²) in [6, 6.07) is 0.568. The molecule has 0 spiro atoms. The number of nitrogens with zero attached hydrogens (tertiary/aromatic N) is 1. The summed E-state index contributed by atoms with van der Waals surface area (Å²) < 4.78 is 0. The molecule has 0 aromatic rings. The van der Waals surface area contributed by atoms with Crippen molar-refractivity contribution in [2.45, 2.75) is 18.9 Å². The summed E-state index contributed by atoms with van der Waals surface area (Å²) in [5.74, 6) is 0. The van der Waals surface area contributed by atoms with Crippen molar-refractivity contribution in [1.29, 1.82) is 0 Å². The van der Waals surface area contributed by atoms with Crippen LogP contribution < -0.4 is 5.32 Å². The van der Waals surface area contributed by atoms with Gasteiger partial charge in [0.05, 0.1) is 6.61 Å². The van der Waals surface area contributed by atoms with E-state index in [1.165, 1.54) is 13.0 Å². The smallest absolute Gasteiger partial charge is 0.0515 e. The summed E-state index contributed by atoms with van der Waals surface area (Å²) in [5, 5.41) is 12.9. The van der Waals surface area contributed by atoms with Crippen LogP contribution in [-0.2, 0) is 0 Å². The van der Waals surface area contributed by atoms with Crippen molar-refractivity contribution >= 4 is 0 Å². The van der Waals surface area contributed by atoms with Gasteiger partial charge in [0.15, 0.2) is 0 Å². The Balaban J connectivity index is 2.13. The van der Waals surface area contributed by atoms with Gasteiger partial charge in [0.2, 0.25) is 0 Å². The highest BCUT2D eigenvalue weighted by molar-refractivity contribution is 5.01. The first-order valence-corrected chi connectivity index (χ1v) is 4.80. The second-order valence-electron chi connectivity index (χ2n) is 4.30. The van der Waals surface area contributed by atoms with Crippen LogP contribution in [0.1, 0.15) is 12.8 Å². The van der Waals surface area contributed by atoms with Crippen LogP contribution in [0.4, 0.5) is 0 Å². The van der Waals surface area contributed by atoms with Crippen LogP contribution in [0.15, 0.2) is 0 Å². The van der Waals surface area contributed by atoms with Gasteiger partial charge in [0, 0.05) is 18.0 Å². The van der Waals surface area contributed by atoms with Gasteiger partial charge in [-0.15, -0.1) is 0 Å². The molecule has 0 aliphatic carbocycles. The van der Waals surface area contributed by atoms with Crippen LogP contribution in [0.3, 0.4) is 0 Å². The summed E-state index contributed by atoms with van der Waals surface area (Å²) in [6.45, 7) is 3.65. The van der Waals surface area contributed by atoms with E-state index in [-0.39, 0.29) is 5.41 Å². The summed E-state index contributed by atoms with van der Waals surface area (Å²) in [5.41, 5.74) is 0.174. The Hall–Kier alpha value is -0.120. The molecule has 0 bridgehead atoms. The Bertz CT molecular complexity index is 174. The molecular weight excluding hydrogens is 152 g/mol. The quantitative estimate of drug-likeness (QED) is 0.565. The van der Waals surface area contributed by atoms with E-state index in [1.807, 2.05) is 0 Å². The minimum atomic E-state index is 0.174. The van der Waals surface area contributed by atoms with Gasteiger partial charge < -0.3 is 15.3 Å². The molecule has 3 nitrogen and oxygen atoms in total. The first kappa shape index (κ1) is 8.48. The minimum Gasteiger partial charge on any atom is -0.396 e. The Kier molecular flexibility index (Phi) is 2.10. The average molecular weight is 170 g/mol. The van der Waals surface area contributed by atoms with Gasteiger partial charge in [-0.1, -0.05) is 0 Å². The van der Waals surface area contributed by atoms with E-state index >= 15 is 0 Å². The third-order valence-electron chi connectivity index (χ3n) is 3.45. The molecule has 2 aliphatic rings. The fraction of sp³-hybridized carbons (Fsp3) is 1.00. The molecule has 0 aromatic heterocycles. The first-order chi connectivity index (χ1) is 5.77. The maximum atomic E-state index is 9.40. The van der Waals surface area contributed by atoms with E-state index < -0.39 is 0 Å². The third kappa shape index (κ3) is 1.16. The van der Waals surface area contributed by atoms with Crippen LogP contribution in [0.2, 0.25) is 0 Å². The molecule has 0 saturated carbocycles. The van der Waals surface area contributed by atoms with Crippen LogP contribution in [0.5, 0.6) is 0 Å². The fourth-order valence-electron chi connectivity index (χ4n) is 2.69. The molecule has 2 heterocycles. The van der Waals surface area contributed by atoms with Crippen molar-refractivity contribution in [3.05, 3.63) is 0 Å². The molecule has 2 N–H and O–H groups in total. The molecule has 3 heteroatoms. The number of hydrogen-bond acceptors (Lipinski definition) is 3. The van der Waals surface area contributed by atoms with E-state index in [4.69, 9.17) is 0 Å². The van der Waals surface area contributed by atoms with Gasteiger partial charge >= 0.3 is 0 Å². The van der Waals surface area contributed by atoms with E-state index in [1.54, 1.807) is 0 Å². The van der Waals surface area contributed by atoms with Crippen LogP contribution >= 0.6 is 0 Å². The lowest BCUT2D eigenvalue weighted by Crippen LogP contribution is -2.52. The van der Waals surface area contributed by atoms with Crippen LogP contribution in [0, 0.1) is 5.41 Å². The Morgan fingerprint density at radius 2 is 2.50 bits per heavy atom. The zero-order chi connectivity index (χ0) is 8.60. The lowest BCUT2D eigenvalue weighted by molar-refractivity contribution is 0.0372. The monoisotopic (exact) mass is 170 g/mol. The summed E-state index contributed by atoms with van der Waals surface area (Å²) in [7, 11) is 2.14. The van der Waals surface area contributed by atoms with Gasteiger partial charge in [0.25, 0.3) is 0 Å². The normalized spacial score (nSPS) is 43.0. The molecule has 0 amide bonds. The molecule has 2 unspecified atom stereocenters. The number of aliphatic hydroxyl groups is 1. The van der Waals surface area contributed by atoms with Crippen molar-refractivity contribution in [3.63, 3.8) is 0 Å². The molecule has 70 valence electrons. The van der Waals surface area contributed by atoms with E-state index in [9.17, 15) is 5.11 Å². The number of fused-ring (bicyclic) bond motifs is 1. The fourth-order valence-corrected chi connectivity index (χ4v) is 2.69. The number of piperidine rings is 1. The number of likely N-dealkylation sites (tertiary alicyclic amines) is 1. The molecule has 12 heavy (non-hydrogen) atoms. The van der Waals surface area contributed by atoms with Crippen LogP contribution in [0.25, 0.3) is 0 Å². The predicted octanol–water partition coefficient (Wildman–Crippen LogP) is -0.337. The molecule has 0 aromatic carbocycles. The van der Waals surface area contributed by atoms with E-state index in [2.05, 4.69) is 17.3 Å². The summed E-state index contributed by atoms with van der Waals surface area (Å²) in [6.07, 6.45) is 2.33. The van der Waals surface area contributed by atoms with E-state index in [0.29, 0.717) is 12.6 Å². The molecule has 2 saturated heterocycles. The zero-order valence-electron chi connectivity index (χ0n) is 7.71. The lowest BCUT2D eigenvalue weighted by atomic mass is 9.77. The molecule has 2 atom stereocenters. The Morgan fingerprint density at radius 3 is 3.25 bits per heavy atom. The Morgan fingerprint density at radius 1 is 1.67 bits per heavy atom. The highest BCUT2D eigenvalue weighted by Gasteiger charge is 2.45. The highest BCUT2D eigenvalue weighted by atomic mass is 16.3. The molecule has 0 radical (unpaired) electrons. The van der Waals surface area contributed by atoms with Crippen molar-refractivity contribution in [2.24, 2.45) is 5.41 Å². The molecule has 2 aliphatic heterocycles. The van der Waals surface area contributed by atoms with Gasteiger partial charge in [-0.3, -0.25) is 0 Å². The van der Waals surface area contributed by atoms with Crippen molar-refractivity contribution in [2.75, 3.05) is 33.3 Å². The number of aliphatic hydroxyl groups excluding tert-OH is 1. The summed E-state index contributed by atoms with van der Waals surface area (Å²) in [4.78, 5) is 2.33. The van der Waals surface area contributed by atoms with E-state index in [0.717, 1.165) is 19.5 Å². The number of hydrogen-bond donors (Lipinski definition) is 2. The van der Waals surface area contributed by atoms with Gasteiger partial charge in [-0.25, -0.2) is 0 Å². The highest BCUT2D eigenvalue weighted by Crippen LogP contribution is 2.36. The third-order valence-corrected chi connectivity index (χ3v) is 3.45. The molecular formula is C9H18N2O. The minimum absolute atomic E-state index is 0.174. The number of nitrogens with one attached hydrogen (secondary N) is 1. The van der Waals surface area contributed by atoms with Gasteiger partial charge in [0.1, 0.15) is 0 Å². The number of rotatable bonds is 1. The predicted molar refractivity (Wildman–Crippen MR) is 48.0 cm³/mol. The maximum Gasteiger partial charge on any atom is 0.0515 e. The maximum absolute atomic E-state index is 9.40. The molecule has 2 rings (SSSR count). The first-order valence-electron chi connectivity index (χ1n) is 4.80. The van der Waals surface area contributed by atoms with Crippen molar-refractivity contribution in [3.8, 4) is 0 Å². The Labute approximate surface area is 73.8 Å². The van der Waals surface area contributed by atoms with Gasteiger partial charge in [-0.05, 0) is 33.0 Å². The van der Waals surface area contributed by atoms with Gasteiger partial charge in [-0.2, -0.15) is 0 Å². The largest absolute Gasteiger partial charge is 0.396 e. The summed E-state index contributed by atoms with van der Waals surface area (Å²) >= 11 is 0. The van der Waals surface area contributed by atoms with Crippen molar-refractivity contribution in [1.82, 2.24) is 10.2 Å². The second-order valence-corrected chi connectivity index (χ2v) is 4.30. The standard InChI is InChI=1S/C9H18N2O/c1-11-5-2-8-9(6-11,7-12)3-4-10-8/h8,10,12H,2-7H2,1H3. The lowest BCUT2D eigenvalue weighted by Gasteiger charge is -2.42.